The molecule has 0 bridgehead atoms. The summed E-state index contributed by atoms with van der Waals surface area (Å²) in [6, 6.07) is 0. The first-order chi connectivity index (χ1) is 6.83. The highest BCUT2D eigenvalue weighted by atomic mass is 16.5. The normalized spacial score (nSPS) is 21.9. The van der Waals surface area contributed by atoms with Gasteiger partial charge in [0.2, 0.25) is 0 Å². The van der Waals surface area contributed by atoms with E-state index in [1.807, 2.05) is 6.92 Å². The summed E-state index contributed by atoms with van der Waals surface area (Å²) in [5.74, 6) is 0. The SMILES string of the molecule is CCOCC(O)CN1CCCOCC1. The van der Waals surface area contributed by atoms with Crippen LogP contribution in [0.25, 0.3) is 0 Å². The van der Waals surface area contributed by atoms with Crippen LogP contribution in [0.3, 0.4) is 0 Å². The minimum Gasteiger partial charge on any atom is -0.389 e. The standard InChI is InChI=1S/C10H21NO3/c1-2-13-9-10(12)8-11-4-3-6-14-7-5-11/h10,12H,2-9H2,1H3. The number of aliphatic hydroxyl groups is 1. The van der Waals surface area contributed by atoms with E-state index in [0.29, 0.717) is 19.8 Å². The summed E-state index contributed by atoms with van der Waals surface area (Å²) < 4.78 is 10.5. The number of aliphatic hydroxyl groups excluding tert-OH is 1. The van der Waals surface area contributed by atoms with Crippen LogP contribution in [0, 0.1) is 0 Å². The maximum atomic E-state index is 9.62. The molecule has 1 aliphatic rings. The Kier molecular flexibility index (Phi) is 6.10. The van der Waals surface area contributed by atoms with Crippen LogP contribution in [-0.2, 0) is 9.47 Å². The maximum absolute atomic E-state index is 9.62. The summed E-state index contributed by atoms with van der Waals surface area (Å²) in [4.78, 5) is 2.23. The molecule has 84 valence electrons. The van der Waals surface area contributed by atoms with Gasteiger partial charge in [0, 0.05) is 32.8 Å². The Balaban J connectivity index is 2.13. The number of hydrogen-bond donors (Lipinski definition) is 1. The van der Waals surface area contributed by atoms with Gasteiger partial charge in [0.05, 0.1) is 19.3 Å². The fourth-order valence-electron chi connectivity index (χ4n) is 1.58. The van der Waals surface area contributed by atoms with Gasteiger partial charge in [0.25, 0.3) is 0 Å². The number of rotatable bonds is 5. The van der Waals surface area contributed by atoms with Crippen molar-refractivity contribution in [1.82, 2.24) is 4.90 Å². The number of hydrogen-bond acceptors (Lipinski definition) is 4. The van der Waals surface area contributed by atoms with Crippen molar-refractivity contribution in [2.75, 3.05) is 46.1 Å². The number of β-amino-alcohol motifs (C(OH)–C–C–N with tert-alkyl or cyclic N) is 1. The average Bonchev–Trinajstić information content (AvgIpc) is 2.43. The fourth-order valence-corrected chi connectivity index (χ4v) is 1.58. The molecule has 0 aromatic carbocycles. The van der Waals surface area contributed by atoms with Gasteiger partial charge >= 0.3 is 0 Å². The van der Waals surface area contributed by atoms with E-state index < -0.39 is 0 Å². The first kappa shape index (κ1) is 11.9. The van der Waals surface area contributed by atoms with Crippen LogP contribution in [0.4, 0.5) is 0 Å². The van der Waals surface area contributed by atoms with Crippen LogP contribution in [0.1, 0.15) is 13.3 Å². The van der Waals surface area contributed by atoms with Gasteiger partial charge in [-0.15, -0.1) is 0 Å². The van der Waals surface area contributed by atoms with E-state index in [4.69, 9.17) is 9.47 Å². The van der Waals surface area contributed by atoms with Gasteiger partial charge in [0.1, 0.15) is 0 Å². The molecule has 1 atom stereocenters. The summed E-state index contributed by atoms with van der Waals surface area (Å²) in [6.45, 7) is 7.30. The molecule has 0 radical (unpaired) electrons. The van der Waals surface area contributed by atoms with Crippen molar-refractivity contribution < 1.29 is 14.6 Å². The van der Waals surface area contributed by atoms with E-state index in [9.17, 15) is 5.11 Å². The summed E-state index contributed by atoms with van der Waals surface area (Å²) in [5, 5.41) is 9.62. The molecule has 0 aliphatic carbocycles. The van der Waals surface area contributed by atoms with Crippen molar-refractivity contribution in [2.24, 2.45) is 0 Å². The molecule has 1 saturated heterocycles. The Morgan fingerprint density at radius 2 is 2.29 bits per heavy atom. The second-order valence-corrected chi connectivity index (χ2v) is 3.58. The molecule has 0 aromatic heterocycles. The van der Waals surface area contributed by atoms with E-state index in [2.05, 4.69) is 4.90 Å². The van der Waals surface area contributed by atoms with E-state index in [1.54, 1.807) is 0 Å². The summed E-state index contributed by atoms with van der Waals surface area (Å²) in [5.41, 5.74) is 0. The predicted octanol–water partition coefficient (Wildman–Crippen LogP) is 0.106. The minimum atomic E-state index is -0.368. The van der Waals surface area contributed by atoms with Crippen LogP contribution in [0.15, 0.2) is 0 Å². The molecular weight excluding hydrogens is 182 g/mol. The third-order valence-electron chi connectivity index (χ3n) is 2.30. The predicted molar refractivity (Wildman–Crippen MR) is 54.4 cm³/mol. The first-order valence-corrected chi connectivity index (χ1v) is 5.39. The van der Waals surface area contributed by atoms with Crippen LogP contribution < -0.4 is 0 Å². The van der Waals surface area contributed by atoms with E-state index in [1.165, 1.54) is 0 Å². The fraction of sp³-hybridized carbons (Fsp3) is 1.00. The second kappa shape index (κ2) is 7.17. The zero-order valence-electron chi connectivity index (χ0n) is 8.95. The van der Waals surface area contributed by atoms with E-state index in [0.717, 1.165) is 32.7 Å². The lowest BCUT2D eigenvalue weighted by molar-refractivity contribution is 0.0207. The van der Waals surface area contributed by atoms with Crippen molar-refractivity contribution >= 4 is 0 Å². The van der Waals surface area contributed by atoms with Gasteiger partial charge < -0.3 is 14.6 Å². The molecule has 4 heteroatoms. The quantitative estimate of drug-likeness (QED) is 0.688. The number of nitrogens with zero attached hydrogens (tertiary/aromatic N) is 1. The van der Waals surface area contributed by atoms with Crippen LogP contribution in [0.2, 0.25) is 0 Å². The molecule has 1 N–H and O–H groups in total. The molecule has 1 unspecified atom stereocenters. The molecule has 1 rings (SSSR count). The average molecular weight is 203 g/mol. The molecule has 1 aliphatic heterocycles. The largest absolute Gasteiger partial charge is 0.389 e. The first-order valence-electron chi connectivity index (χ1n) is 5.39. The Bertz CT molecular complexity index is 135. The Morgan fingerprint density at radius 3 is 3.07 bits per heavy atom. The van der Waals surface area contributed by atoms with Crippen molar-refractivity contribution in [3.63, 3.8) is 0 Å². The Morgan fingerprint density at radius 1 is 1.43 bits per heavy atom. The smallest absolute Gasteiger partial charge is 0.0900 e. The third kappa shape index (κ3) is 4.91. The lowest BCUT2D eigenvalue weighted by atomic mass is 10.3. The molecule has 0 amide bonds. The molecule has 1 fully saturated rings. The molecule has 0 spiro atoms. The van der Waals surface area contributed by atoms with Gasteiger partial charge in [-0.2, -0.15) is 0 Å². The Hall–Kier alpha value is -0.160. The van der Waals surface area contributed by atoms with Gasteiger partial charge in [-0.3, -0.25) is 4.90 Å². The second-order valence-electron chi connectivity index (χ2n) is 3.58. The van der Waals surface area contributed by atoms with Gasteiger partial charge in [0.15, 0.2) is 0 Å². The zero-order chi connectivity index (χ0) is 10.2. The summed E-state index contributed by atoms with van der Waals surface area (Å²) in [7, 11) is 0. The van der Waals surface area contributed by atoms with Crippen molar-refractivity contribution in [3.05, 3.63) is 0 Å². The lowest BCUT2D eigenvalue weighted by Crippen LogP contribution is -2.36. The van der Waals surface area contributed by atoms with E-state index >= 15 is 0 Å². The number of ether oxygens (including phenoxy) is 2. The van der Waals surface area contributed by atoms with Crippen molar-refractivity contribution in [3.8, 4) is 0 Å². The molecule has 4 nitrogen and oxygen atoms in total. The highest BCUT2D eigenvalue weighted by Crippen LogP contribution is 2.00. The molecule has 0 saturated carbocycles. The molecule has 1 heterocycles. The topological polar surface area (TPSA) is 41.9 Å². The van der Waals surface area contributed by atoms with Crippen LogP contribution in [-0.4, -0.2) is 62.2 Å². The monoisotopic (exact) mass is 203 g/mol. The highest BCUT2D eigenvalue weighted by molar-refractivity contribution is 4.66. The summed E-state index contributed by atoms with van der Waals surface area (Å²) in [6.07, 6.45) is 0.689. The van der Waals surface area contributed by atoms with Crippen LogP contribution in [0.5, 0.6) is 0 Å². The lowest BCUT2D eigenvalue weighted by Gasteiger charge is -2.22. The zero-order valence-corrected chi connectivity index (χ0v) is 8.95. The van der Waals surface area contributed by atoms with Gasteiger partial charge in [-0.25, -0.2) is 0 Å². The molecule has 14 heavy (non-hydrogen) atoms. The van der Waals surface area contributed by atoms with Crippen molar-refractivity contribution in [1.29, 1.82) is 0 Å². The minimum absolute atomic E-state index is 0.368. The van der Waals surface area contributed by atoms with E-state index in [-0.39, 0.29) is 6.10 Å². The Labute approximate surface area is 85.8 Å². The van der Waals surface area contributed by atoms with Crippen LogP contribution >= 0.6 is 0 Å². The van der Waals surface area contributed by atoms with Crippen molar-refractivity contribution in [2.45, 2.75) is 19.4 Å². The molecule has 0 aromatic rings. The van der Waals surface area contributed by atoms with Gasteiger partial charge in [-0.05, 0) is 13.3 Å². The molecular formula is C10H21NO3. The summed E-state index contributed by atoms with van der Waals surface area (Å²) >= 11 is 0. The highest BCUT2D eigenvalue weighted by Gasteiger charge is 2.13. The third-order valence-corrected chi connectivity index (χ3v) is 2.30. The van der Waals surface area contributed by atoms with Gasteiger partial charge in [-0.1, -0.05) is 0 Å². The maximum Gasteiger partial charge on any atom is 0.0900 e.